The lowest BCUT2D eigenvalue weighted by Crippen LogP contribution is -2.25. The second-order valence-electron chi connectivity index (χ2n) is 7.73. The van der Waals surface area contributed by atoms with Gasteiger partial charge in [0.15, 0.2) is 11.0 Å². The summed E-state index contributed by atoms with van der Waals surface area (Å²) in [4.78, 5) is 12.6. The number of aryl methyl sites for hydroxylation is 1. The fraction of sp³-hybridized carbons (Fsp3) is 0.167. The Hall–Kier alpha value is -3.42. The first-order chi connectivity index (χ1) is 16.0. The number of carbonyl (C=O) groups is 1. The summed E-state index contributed by atoms with van der Waals surface area (Å²) in [5.41, 5.74) is 3.61. The van der Waals surface area contributed by atoms with E-state index >= 15 is 0 Å². The number of rotatable bonds is 5. The Kier molecular flexibility index (Phi) is 5.74. The number of nitrogens with zero attached hydrogens (tertiary/aromatic N) is 4. The molecular weight excluding hydrogens is 461 g/mol. The normalized spacial score (nSPS) is 15.1. The number of carbonyl (C=O) groups excluding carboxylic acids is 1. The molecule has 33 heavy (non-hydrogen) atoms. The van der Waals surface area contributed by atoms with Crippen molar-refractivity contribution in [1.82, 2.24) is 20.0 Å². The summed E-state index contributed by atoms with van der Waals surface area (Å²) >= 11 is 12.1. The summed E-state index contributed by atoms with van der Waals surface area (Å²) in [5.74, 6) is 1.49. The third kappa shape index (κ3) is 4.29. The van der Waals surface area contributed by atoms with Crippen LogP contribution in [0.25, 0.3) is 5.82 Å². The van der Waals surface area contributed by atoms with Gasteiger partial charge in [-0.2, -0.15) is 9.78 Å². The summed E-state index contributed by atoms with van der Waals surface area (Å²) in [6, 6.07) is 18.7. The van der Waals surface area contributed by atoms with E-state index in [1.807, 2.05) is 55.5 Å². The molecule has 0 saturated heterocycles. The summed E-state index contributed by atoms with van der Waals surface area (Å²) < 4.78 is 7.59. The maximum absolute atomic E-state index is 12.6. The highest BCUT2D eigenvalue weighted by Gasteiger charge is 2.33. The van der Waals surface area contributed by atoms with Crippen LogP contribution in [0.1, 0.15) is 34.7 Å². The van der Waals surface area contributed by atoms with E-state index < -0.39 is 0 Å². The number of fused-ring (bicyclic) bond motifs is 1. The zero-order chi connectivity index (χ0) is 22.9. The summed E-state index contributed by atoms with van der Waals surface area (Å²) in [5, 5.41) is 16.5. The maximum Gasteiger partial charge on any atom is 0.226 e. The summed E-state index contributed by atoms with van der Waals surface area (Å²) in [6.07, 6.45) is 0.305. The van der Waals surface area contributed by atoms with Gasteiger partial charge in [0, 0.05) is 28.5 Å². The molecule has 1 aliphatic rings. The van der Waals surface area contributed by atoms with Gasteiger partial charge >= 0.3 is 0 Å². The van der Waals surface area contributed by atoms with E-state index in [0.29, 0.717) is 35.4 Å². The highest BCUT2D eigenvalue weighted by Crippen LogP contribution is 2.40. The molecule has 2 aromatic heterocycles. The molecule has 9 heteroatoms. The van der Waals surface area contributed by atoms with Gasteiger partial charge in [0.1, 0.15) is 18.2 Å². The fourth-order valence-electron chi connectivity index (χ4n) is 4.02. The zero-order valence-corrected chi connectivity index (χ0v) is 19.1. The van der Waals surface area contributed by atoms with Crippen molar-refractivity contribution in [3.8, 4) is 11.6 Å². The van der Waals surface area contributed by atoms with E-state index in [4.69, 9.17) is 27.9 Å². The number of anilines is 1. The lowest BCUT2D eigenvalue weighted by atomic mass is 9.86. The topological polar surface area (TPSA) is 81.9 Å². The number of aromatic nitrogens is 4. The monoisotopic (exact) mass is 479 g/mol. The molecule has 0 radical (unpaired) electrons. The SMILES string of the molecule is Cc1nn(-c2ccc(Cl)nn2)c2c1C(c1cccc(OCc3ccccc3Cl)c1)CC(=O)N2. The predicted molar refractivity (Wildman–Crippen MR) is 126 cm³/mol. The molecule has 2 aromatic carbocycles. The molecule has 1 unspecified atom stereocenters. The molecule has 1 aliphatic heterocycles. The van der Waals surface area contributed by atoms with Gasteiger partial charge in [0.2, 0.25) is 5.91 Å². The number of hydrogen-bond donors (Lipinski definition) is 1. The summed E-state index contributed by atoms with van der Waals surface area (Å²) in [7, 11) is 0. The molecule has 5 rings (SSSR count). The molecule has 0 aliphatic carbocycles. The van der Waals surface area contributed by atoms with Gasteiger partial charge in [-0.1, -0.05) is 53.5 Å². The molecule has 3 heterocycles. The van der Waals surface area contributed by atoms with Crippen LogP contribution in [-0.2, 0) is 11.4 Å². The Bertz CT molecular complexity index is 1340. The van der Waals surface area contributed by atoms with Crippen LogP contribution in [-0.4, -0.2) is 25.9 Å². The first-order valence-electron chi connectivity index (χ1n) is 10.3. The quantitative estimate of drug-likeness (QED) is 0.418. The van der Waals surface area contributed by atoms with Crippen molar-refractivity contribution in [2.24, 2.45) is 0 Å². The van der Waals surface area contributed by atoms with Crippen molar-refractivity contribution < 1.29 is 9.53 Å². The molecule has 7 nitrogen and oxygen atoms in total. The van der Waals surface area contributed by atoms with Gasteiger partial charge < -0.3 is 10.1 Å². The Balaban J connectivity index is 1.47. The first-order valence-corrected chi connectivity index (χ1v) is 11.1. The third-order valence-electron chi connectivity index (χ3n) is 5.55. The lowest BCUT2D eigenvalue weighted by molar-refractivity contribution is -0.116. The van der Waals surface area contributed by atoms with Crippen LogP contribution < -0.4 is 10.1 Å². The highest BCUT2D eigenvalue weighted by atomic mass is 35.5. The Morgan fingerprint density at radius 1 is 1.09 bits per heavy atom. The smallest absolute Gasteiger partial charge is 0.226 e. The predicted octanol–water partition coefficient (Wildman–Crippen LogP) is 5.33. The summed E-state index contributed by atoms with van der Waals surface area (Å²) in [6.45, 7) is 2.27. The van der Waals surface area contributed by atoms with Crippen LogP contribution in [0, 0.1) is 6.92 Å². The van der Waals surface area contributed by atoms with Gasteiger partial charge in [-0.3, -0.25) is 4.79 Å². The molecule has 0 saturated carbocycles. The van der Waals surface area contributed by atoms with Crippen molar-refractivity contribution in [3.05, 3.63) is 93.2 Å². The van der Waals surface area contributed by atoms with E-state index in [1.165, 1.54) is 0 Å². The van der Waals surface area contributed by atoms with Crippen molar-refractivity contribution in [1.29, 1.82) is 0 Å². The molecule has 0 bridgehead atoms. The number of benzene rings is 2. The van der Waals surface area contributed by atoms with Crippen molar-refractivity contribution >= 4 is 34.9 Å². The third-order valence-corrected chi connectivity index (χ3v) is 6.12. The van der Waals surface area contributed by atoms with Gasteiger partial charge in [0.25, 0.3) is 0 Å². The van der Waals surface area contributed by atoms with Crippen LogP contribution in [0.2, 0.25) is 10.2 Å². The molecule has 166 valence electrons. The second kappa shape index (κ2) is 8.84. The number of nitrogens with one attached hydrogen (secondary N) is 1. The number of ether oxygens (including phenoxy) is 1. The number of halogens is 2. The largest absolute Gasteiger partial charge is 0.489 e. The lowest BCUT2D eigenvalue weighted by Gasteiger charge is -2.24. The van der Waals surface area contributed by atoms with Crippen LogP contribution in [0.3, 0.4) is 0 Å². The van der Waals surface area contributed by atoms with Crippen molar-refractivity contribution in [2.45, 2.75) is 25.9 Å². The molecular formula is C24H19Cl2N5O2. The Labute approximate surface area is 200 Å². The van der Waals surface area contributed by atoms with E-state index in [9.17, 15) is 4.79 Å². The molecule has 0 spiro atoms. The van der Waals surface area contributed by atoms with Crippen LogP contribution in [0.5, 0.6) is 5.75 Å². The minimum absolute atomic E-state index is 0.0991. The van der Waals surface area contributed by atoms with Gasteiger partial charge in [-0.25, -0.2) is 0 Å². The first kappa shape index (κ1) is 21.4. The van der Waals surface area contributed by atoms with Crippen LogP contribution in [0.15, 0.2) is 60.7 Å². The molecule has 4 aromatic rings. The van der Waals surface area contributed by atoms with Crippen LogP contribution in [0.4, 0.5) is 5.82 Å². The zero-order valence-electron chi connectivity index (χ0n) is 17.6. The number of amides is 1. The number of hydrogen-bond acceptors (Lipinski definition) is 5. The molecule has 0 fully saturated rings. The molecule has 1 atom stereocenters. The minimum atomic E-state index is -0.174. The van der Waals surface area contributed by atoms with Crippen molar-refractivity contribution in [2.75, 3.05) is 5.32 Å². The fourth-order valence-corrected chi connectivity index (χ4v) is 4.31. The van der Waals surface area contributed by atoms with E-state index in [2.05, 4.69) is 20.6 Å². The van der Waals surface area contributed by atoms with E-state index in [-0.39, 0.29) is 17.0 Å². The maximum atomic E-state index is 12.6. The van der Waals surface area contributed by atoms with Crippen LogP contribution >= 0.6 is 23.2 Å². The Morgan fingerprint density at radius 3 is 2.73 bits per heavy atom. The van der Waals surface area contributed by atoms with Gasteiger partial charge in [-0.05, 0) is 42.8 Å². The van der Waals surface area contributed by atoms with Crippen molar-refractivity contribution in [3.63, 3.8) is 0 Å². The second-order valence-corrected chi connectivity index (χ2v) is 8.53. The minimum Gasteiger partial charge on any atom is -0.489 e. The van der Waals surface area contributed by atoms with E-state index in [0.717, 1.165) is 22.4 Å². The standard InChI is InChI=1S/C24H19Cl2N5O2/c1-14-23-18(12-22(32)27-24(23)31(30-14)21-10-9-20(26)28-29-21)15-6-4-7-17(11-15)33-13-16-5-2-3-8-19(16)25/h2-11,18H,12-13H2,1H3,(H,27,32). The highest BCUT2D eigenvalue weighted by molar-refractivity contribution is 6.31. The Morgan fingerprint density at radius 2 is 1.94 bits per heavy atom. The molecule has 1 N–H and O–H groups in total. The molecule has 1 amide bonds. The van der Waals surface area contributed by atoms with Gasteiger partial charge in [-0.15, -0.1) is 10.2 Å². The van der Waals surface area contributed by atoms with E-state index in [1.54, 1.807) is 16.8 Å². The average molecular weight is 480 g/mol. The van der Waals surface area contributed by atoms with Gasteiger partial charge in [0.05, 0.1) is 5.69 Å². The average Bonchev–Trinajstić information content (AvgIpc) is 3.15.